The molecule has 0 saturated heterocycles. The van der Waals surface area contributed by atoms with E-state index in [1.165, 1.54) is 17.7 Å². The minimum Gasteiger partial charge on any atom is -0.479 e. The molecule has 106 valence electrons. The van der Waals surface area contributed by atoms with Crippen molar-refractivity contribution in [3.63, 3.8) is 0 Å². The van der Waals surface area contributed by atoms with Crippen molar-refractivity contribution in [3.05, 3.63) is 34.6 Å². The first-order valence-corrected chi connectivity index (χ1v) is 6.60. The van der Waals surface area contributed by atoms with Crippen LogP contribution in [0.5, 0.6) is 0 Å². The topological polar surface area (TPSA) is 117 Å². The molecule has 2 aromatic rings. The van der Waals surface area contributed by atoms with E-state index in [9.17, 15) is 9.59 Å². The highest BCUT2D eigenvalue weighted by Crippen LogP contribution is 2.18. The van der Waals surface area contributed by atoms with Crippen LogP contribution in [0.1, 0.15) is 16.7 Å². The monoisotopic (exact) mass is 296 g/mol. The summed E-state index contributed by atoms with van der Waals surface area (Å²) >= 11 is 1.27. The Kier molecular flexibility index (Phi) is 4.66. The zero-order chi connectivity index (χ0) is 14.4. The van der Waals surface area contributed by atoms with E-state index in [2.05, 4.69) is 25.3 Å². The average molecular weight is 296 g/mol. The molecule has 2 amide bonds. The number of carboxylic acid groups (broad SMARTS) is 1. The fourth-order valence-electron chi connectivity index (χ4n) is 1.48. The van der Waals surface area contributed by atoms with Crippen molar-refractivity contribution in [2.75, 3.05) is 6.54 Å². The first kappa shape index (κ1) is 14.0. The van der Waals surface area contributed by atoms with Crippen LogP contribution in [-0.4, -0.2) is 33.8 Å². The highest BCUT2D eigenvalue weighted by atomic mass is 32.1. The Morgan fingerprint density at radius 3 is 2.95 bits per heavy atom. The zero-order valence-electron chi connectivity index (χ0n) is 10.3. The van der Waals surface area contributed by atoms with Gasteiger partial charge in [0, 0.05) is 17.8 Å². The van der Waals surface area contributed by atoms with Crippen molar-refractivity contribution in [2.45, 2.75) is 12.5 Å². The lowest BCUT2D eigenvalue weighted by Crippen LogP contribution is -2.41. The fraction of sp³-hybridized carbons (Fsp3) is 0.273. The van der Waals surface area contributed by atoms with E-state index in [1.54, 1.807) is 17.5 Å². The maximum atomic E-state index is 11.6. The lowest BCUT2D eigenvalue weighted by atomic mass is 10.2. The van der Waals surface area contributed by atoms with Gasteiger partial charge in [-0.15, -0.1) is 11.3 Å². The van der Waals surface area contributed by atoms with Gasteiger partial charge in [0.2, 0.25) is 6.39 Å². The van der Waals surface area contributed by atoms with Crippen LogP contribution >= 0.6 is 11.3 Å². The maximum absolute atomic E-state index is 11.6. The first-order chi connectivity index (χ1) is 9.66. The number of hydrogen-bond acceptors (Lipinski definition) is 6. The standard InChI is InChI=1S/C11H12N4O4S/c16-10(17)9(7-2-1-5-20-7)14-11(18)12-4-3-8-13-6-19-15-8/h1-2,5-6,9H,3-4H2,(H,16,17)(H2,12,14,18). The van der Waals surface area contributed by atoms with Crippen molar-refractivity contribution in [2.24, 2.45) is 0 Å². The first-order valence-electron chi connectivity index (χ1n) is 5.72. The third-order valence-electron chi connectivity index (χ3n) is 2.39. The number of aliphatic carboxylic acids is 1. The van der Waals surface area contributed by atoms with Gasteiger partial charge >= 0.3 is 12.0 Å². The number of rotatable bonds is 6. The summed E-state index contributed by atoms with van der Waals surface area (Å²) in [5.41, 5.74) is 0. The predicted octanol–water partition coefficient (Wildman–Crippen LogP) is 0.799. The van der Waals surface area contributed by atoms with Gasteiger partial charge < -0.3 is 20.3 Å². The van der Waals surface area contributed by atoms with Gasteiger partial charge in [0.15, 0.2) is 11.9 Å². The molecule has 0 fully saturated rings. The lowest BCUT2D eigenvalue weighted by molar-refractivity contribution is -0.139. The van der Waals surface area contributed by atoms with E-state index in [4.69, 9.17) is 5.11 Å². The van der Waals surface area contributed by atoms with E-state index in [-0.39, 0.29) is 6.54 Å². The van der Waals surface area contributed by atoms with Crippen LogP contribution in [0, 0.1) is 0 Å². The molecule has 8 nitrogen and oxygen atoms in total. The summed E-state index contributed by atoms with van der Waals surface area (Å²) in [5, 5.41) is 19.4. The Morgan fingerprint density at radius 1 is 1.50 bits per heavy atom. The van der Waals surface area contributed by atoms with Crippen LogP contribution < -0.4 is 10.6 Å². The SMILES string of the molecule is O=C(NCCc1ncon1)NC(C(=O)O)c1cccs1. The second-order valence-corrected chi connectivity index (χ2v) is 4.76. The number of nitrogens with one attached hydrogen (secondary N) is 2. The molecule has 0 aliphatic carbocycles. The van der Waals surface area contributed by atoms with E-state index < -0.39 is 18.0 Å². The molecule has 0 aliphatic rings. The molecule has 0 bridgehead atoms. The summed E-state index contributed by atoms with van der Waals surface area (Å²) in [6.07, 6.45) is 1.60. The summed E-state index contributed by atoms with van der Waals surface area (Å²) in [6, 6.07) is 1.77. The van der Waals surface area contributed by atoms with Crippen molar-refractivity contribution in [1.29, 1.82) is 0 Å². The second-order valence-electron chi connectivity index (χ2n) is 3.78. The molecular formula is C11H12N4O4S. The maximum Gasteiger partial charge on any atom is 0.331 e. The van der Waals surface area contributed by atoms with Crippen molar-refractivity contribution >= 4 is 23.3 Å². The highest BCUT2D eigenvalue weighted by molar-refractivity contribution is 7.10. The quantitative estimate of drug-likeness (QED) is 0.725. The summed E-state index contributed by atoms with van der Waals surface area (Å²) in [6.45, 7) is 0.280. The molecule has 0 radical (unpaired) electrons. The summed E-state index contributed by atoms with van der Waals surface area (Å²) in [7, 11) is 0. The number of hydrogen-bond donors (Lipinski definition) is 3. The van der Waals surface area contributed by atoms with Crippen LogP contribution in [0.2, 0.25) is 0 Å². The molecule has 2 aromatic heterocycles. The van der Waals surface area contributed by atoms with Gasteiger partial charge in [-0.2, -0.15) is 4.98 Å². The van der Waals surface area contributed by atoms with Crippen molar-refractivity contribution < 1.29 is 19.2 Å². The van der Waals surface area contributed by atoms with Gasteiger partial charge in [0.25, 0.3) is 0 Å². The summed E-state index contributed by atoms with van der Waals surface area (Å²) < 4.78 is 4.55. The Hall–Kier alpha value is -2.42. The van der Waals surface area contributed by atoms with Crippen LogP contribution in [-0.2, 0) is 11.2 Å². The summed E-state index contributed by atoms with van der Waals surface area (Å²) in [5.74, 6) is -0.640. The minimum absolute atomic E-state index is 0.280. The van der Waals surface area contributed by atoms with Gasteiger partial charge in [-0.25, -0.2) is 9.59 Å². The average Bonchev–Trinajstić information content (AvgIpc) is 3.08. The Morgan fingerprint density at radius 2 is 2.35 bits per heavy atom. The number of carboxylic acids is 1. The number of nitrogens with zero attached hydrogens (tertiary/aromatic N) is 2. The number of carbonyl (C=O) groups is 2. The third-order valence-corrected chi connectivity index (χ3v) is 3.33. The Labute approximate surface area is 117 Å². The Balaban J connectivity index is 1.81. The van der Waals surface area contributed by atoms with Gasteiger partial charge in [0.1, 0.15) is 0 Å². The predicted molar refractivity (Wildman–Crippen MR) is 69.2 cm³/mol. The fourth-order valence-corrected chi connectivity index (χ4v) is 2.25. The van der Waals surface area contributed by atoms with E-state index in [0.29, 0.717) is 17.1 Å². The molecule has 0 spiro atoms. The minimum atomic E-state index is -1.11. The van der Waals surface area contributed by atoms with Crippen LogP contribution in [0.3, 0.4) is 0 Å². The normalized spacial score (nSPS) is 11.8. The molecule has 9 heteroatoms. The number of urea groups is 1. The molecular weight excluding hydrogens is 284 g/mol. The van der Waals surface area contributed by atoms with Crippen LogP contribution in [0.25, 0.3) is 0 Å². The van der Waals surface area contributed by atoms with Crippen molar-refractivity contribution in [1.82, 2.24) is 20.8 Å². The zero-order valence-corrected chi connectivity index (χ0v) is 11.1. The molecule has 1 unspecified atom stereocenters. The third kappa shape index (κ3) is 3.79. The molecule has 0 saturated carbocycles. The smallest absolute Gasteiger partial charge is 0.331 e. The van der Waals surface area contributed by atoms with Crippen molar-refractivity contribution in [3.8, 4) is 0 Å². The number of amides is 2. The molecule has 3 N–H and O–H groups in total. The van der Waals surface area contributed by atoms with Crippen LogP contribution in [0.4, 0.5) is 4.79 Å². The summed E-state index contributed by atoms with van der Waals surface area (Å²) in [4.78, 5) is 27.1. The lowest BCUT2D eigenvalue weighted by Gasteiger charge is -2.13. The van der Waals surface area contributed by atoms with E-state index in [1.807, 2.05) is 0 Å². The van der Waals surface area contributed by atoms with E-state index in [0.717, 1.165) is 0 Å². The van der Waals surface area contributed by atoms with E-state index >= 15 is 0 Å². The van der Waals surface area contributed by atoms with Gasteiger partial charge in [-0.3, -0.25) is 0 Å². The molecule has 2 heterocycles. The largest absolute Gasteiger partial charge is 0.479 e. The van der Waals surface area contributed by atoms with Crippen LogP contribution in [0.15, 0.2) is 28.4 Å². The second kappa shape index (κ2) is 6.66. The molecule has 2 rings (SSSR count). The highest BCUT2D eigenvalue weighted by Gasteiger charge is 2.22. The Bertz CT molecular complexity index is 555. The number of aromatic nitrogens is 2. The van der Waals surface area contributed by atoms with Gasteiger partial charge in [-0.05, 0) is 11.4 Å². The molecule has 1 atom stereocenters. The van der Waals surface area contributed by atoms with Gasteiger partial charge in [0.05, 0.1) is 0 Å². The molecule has 0 aliphatic heterocycles. The number of carbonyl (C=O) groups excluding carboxylic acids is 1. The van der Waals surface area contributed by atoms with Gasteiger partial charge in [-0.1, -0.05) is 11.2 Å². The molecule has 0 aromatic carbocycles. The number of thiophene rings is 1. The molecule has 20 heavy (non-hydrogen) atoms.